The van der Waals surface area contributed by atoms with Crippen LogP contribution in [0.5, 0.6) is 0 Å². The van der Waals surface area contributed by atoms with Crippen molar-refractivity contribution in [2.75, 3.05) is 43.6 Å². The van der Waals surface area contributed by atoms with Crippen LogP contribution in [0.3, 0.4) is 0 Å². The Kier molecular flexibility index (Phi) is 6.20. The molecule has 0 spiro atoms. The lowest BCUT2D eigenvalue weighted by Crippen LogP contribution is -2.43. The van der Waals surface area contributed by atoms with Crippen molar-refractivity contribution >= 4 is 29.4 Å². The molecule has 3 rings (SSSR count). The molecule has 0 aliphatic carbocycles. The summed E-state index contributed by atoms with van der Waals surface area (Å²) in [6.07, 6.45) is 1.06. The first-order valence-corrected chi connectivity index (χ1v) is 9.87. The Morgan fingerprint density at radius 3 is 2.84 bits per heavy atom. The maximum Gasteiger partial charge on any atom is 0.410 e. The summed E-state index contributed by atoms with van der Waals surface area (Å²) in [6.45, 7) is 3.69. The van der Waals surface area contributed by atoms with Gasteiger partial charge >= 0.3 is 6.09 Å². The fraction of sp³-hybridized carbons (Fsp3) is 0.556. The van der Waals surface area contributed by atoms with Crippen LogP contribution in [0.25, 0.3) is 0 Å². The molecule has 2 fully saturated rings. The van der Waals surface area contributed by atoms with Crippen LogP contribution in [0.4, 0.5) is 10.5 Å². The Bertz CT molecular complexity index is 619. The van der Waals surface area contributed by atoms with Crippen LogP contribution in [0.15, 0.2) is 24.3 Å². The minimum absolute atomic E-state index is 0.144. The molecular weight excluding hydrogens is 338 g/mol. The van der Waals surface area contributed by atoms with E-state index in [1.54, 1.807) is 0 Å². The number of hydrogen-bond donors (Lipinski definition) is 1. The van der Waals surface area contributed by atoms with E-state index in [2.05, 4.69) is 16.3 Å². The highest BCUT2D eigenvalue weighted by Crippen LogP contribution is 2.21. The molecule has 25 heavy (non-hydrogen) atoms. The summed E-state index contributed by atoms with van der Waals surface area (Å²) in [6, 6.07) is 7.53. The van der Waals surface area contributed by atoms with Gasteiger partial charge in [-0.3, -0.25) is 14.6 Å². The molecule has 1 aromatic rings. The van der Waals surface area contributed by atoms with Gasteiger partial charge in [0.25, 0.3) is 0 Å². The lowest BCUT2D eigenvalue weighted by atomic mass is 10.1. The summed E-state index contributed by atoms with van der Waals surface area (Å²) >= 11 is 2.00. The number of anilines is 1. The van der Waals surface area contributed by atoms with Gasteiger partial charge in [-0.1, -0.05) is 12.1 Å². The van der Waals surface area contributed by atoms with Gasteiger partial charge in [-0.25, -0.2) is 4.79 Å². The Hall–Kier alpha value is -1.73. The summed E-state index contributed by atoms with van der Waals surface area (Å²) < 4.78 is 4.77. The smallest absolute Gasteiger partial charge is 0.410 e. The van der Waals surface area contributed by atoms with Crippen molar-refractivity contribution in [3.8, 4) is 0 Å². The Balaban J connectivity index is 1.61. The molecule has 2 aliphatic heterocycles. The minimum atomic E-state index is -0.449. The van der Waals surface area contributed by atoms with Crippen molar-refractivity contribution in [1.29, 1.82) is 0 Å². The predicted octanol–water partition coefficient (Wildman–Crippen LogP) is 2.40. The van der Waals surface area contributed by atoms with Gasteiger partial charge in [0.2, 0.25) is 5.91 Å². The maximum atomic E-state index is 12.6. The van der Waals surface area contributed by atoms with Gasteiger partial charge in [0.1, 0.15) is 6.04 Å². The molecule has 2 heterocycles. The van der Waals surface area contributed by atoms with Crippen LogP contribution < -0.4 is 5.32 Å². The molecule has 0 aromatic heterocycles. The van der Waals surface area contributed by atoms with E-state index in [9.17, 15) is 9.59 Å². The van der Waals surface area contributed by atoms with Gasteiger partial charge in [-0.05, 0) is 30.5 Å². The molecular formula is C18H25N3O3S. The zero-order chi connectivity index (χ0) is 17.6. The third kappa shape index (κ3) is 4.67. The number of nitrogens with one attached hydrogen (secondary N) is 1. The Morgan fingerprint density at radius 2 is 2.08 bits per heavy atom. The van der Waals surface area contributed by atoms with E-state index >= 15 is 0 Å². The van der Waals surface area contributed by atoms with Crippen molar-refractivity contribution < 1.29 is 14.3 Å². The van der Waals surface area contributed by atoms with E-state index in [0.29, 0.717) is 13.0 Å². The van der Waals surface area contributed by atoms with Crippen molar-refractivity contribution in [3.05, 3.63) is 29.8 Å². The van der Waals surface area contributed by atoms with Crippen LogP contribution in [0, 0.1) is 0 Å². The summed E-state index contributed by atoms with van der Waals surface area (Å²) in [7, 11) is 1.35. The molecule has 1 aromatic carbocycles. The summed E-state index contributed by atoms with van der Waals surface area (Å²) in [5.41, 5.74) is 1.98. The number of hydrogen-bond acceptors (Lipinski definition) is 5. The van der Waals surface area contributed by atoms with E-state index in [1.807, 2.05) is 30.0 Å². The Labute approximate surface area is 152 Å². The fourth-order valence-electron chi connectivity index (χ4n) is 3.37. The highest BCUT2D eigenvalue weighted by molar-refractivity contribution is 7.99. The minimum Gasteiger partial charge on any atom is -0.453 e. The Morgan fingerprint density at radius 1 is 1.28 bits per heavy atom. The normalized spacial score (nSPS) is 21.2. The first kappa shape index (κ1) is 18.1. The largest absolute Gasteiger partial charge is 0.453 e. The predicted molar refractivity (Wildman–Crippen MR) is 99.8 cm³/mol. The number of nitrogens with zero attached hydrogens (tertiary/aromatic N) is 2. The van der Waals surface area contributed by atoms with Gasteiger partial charge in [-0.2, -0.15) is 11.8 Å². The van der Waals surface area contributed by atoms with Crippen molar-refractivity contribution in [2.45, 2.75) is 25.4 Å². The van der Waals surface area contributed by atoms with E-state index in [1.165, 1.54) is 29.1 Å². The van der Waals surface area contributed by atoms with E-state index in [4.69, 9.17) is 4.74 Å². The number of ether oxygens (including phenoxy) is 1. The highest BCUT2D eigenvalue weighted by Gasteiger charge is 2.34. The van der Waals surface area contributed by atoms with Gasteiger partial charge in [0, 0.05) is 43.4 Å². The van der Waals surface area contributed by atoms with Gasteiger partial charge < -0.3 is 10.1 Å². The number of benzene rings is 1. The van der Waals surface area contributed by atoms with Crippen molar-refractivity contribution in [1.82, 2.24) is 9.80 Å². The summed E-state index contributed by atoms with van der Waals surface area (Å²) in [5, 5.41) is 2.96. The van der Waals surface area contributed by atoms with Crippen LogP contribution in [-0.4, -0.2) is 66.1 Å². The van der Waals surface area contributed by atoms with Crippen LogP contribution in [0.2, 0.25) is 0 Å². The van der Waals surface area contributed by atoms with E-state index in [-0.39, 0.29) is 5.91 Å². The van der Waals surface area contributed by atoms with Crippen LogP contribution in [0.1, 0.15) is 18.4 Å². The molecule has 1 atom stereocenters. The van der Waals surface area contributed by atoms with Crippen LogP contribution >= 0.6 is 11.8 Å². The lowest BCUT2D eigenvalue weighted by molar-refractivity contribution is -0.119. The summed E-state index contributed by atoms with van der Waals surface area (Å²) in [5.74, 6) is 2.22. The number of likely N-dealkylation sites (tertiary alicyclic amines) is 1. The monoisotopic (exact) mass is 363 g/mol. The molecule has 6 nitrogen and oxygen atoms in total. The SMILES string of the molecule is COC(=O)N1CCCC1C(=O)Nc1cccc(CN2CCSCC2)c1. The molecule has 0 radical (unpaired) electrons. The maximum absolute atomic E-state index is 12.6. The zero-order valence-electron chi connectivity index (χ0n) is 14.6. The molecule has 136 valence electrons. The zero-order valence-corrected chi connectivity index (χ0v) is 15.4. The second-order valence-electron chi connectivity index (χ2n) is 6.40. The van der Waals surface area contributed by atoms with E-state index < -0.39 is 12.1 Å². The van der Waals surface area contributed by atoms with Gasteiger partial charge in [0.05, 0.1) is 7.11 Å². The quantitative estimate of drug-likeness (QED) is 0.890. The molecule has 2 saturated heterocycles. The van der Waals surface area contributed by atoms with Crippen molar-refractivity contribution in [2.24, 2.45) is 0 Å². The lowest BCUT2D eigenvalue weighted by Gasteiger charge is -2.26. The number of carbonyl (C=O) groups is 2. The third-order valence-electron chi connectivity index (χ3n) is 4.67. The molecule has 0 saturated carbocycles. The first-order chi connectivity index (χ1) is 12.2. The summed E-state index contributed by atoms with van der Waals surface area (Å²) in [4.78, 5) is 28.3. The first-order valence-electron chi connectivity index (χ1n) is 8.72. The highest BCUT2D eigenvalue weighted by atomic mass is 32.2. The number of thioether (sulfide) groups is 1. The van der Waals surface area contributed by atoms with Crippen LogP contribution in [-0.2, 0) is 16.1 Å². The average molecular weight is 363 g/mol. The topological polar surface area (TPSA) is 61.9 Å². The number of methoxy groups -OCH3 is 1. The second-order valence-corrected chi connectivity index (χ2v) is 7.62. The van der Waals surface area contributed by atoms with Gasteiger partial charge in [-0.15, -0.1) is 0 Å². The second kappa shape index (κ2) is 8.58. The molecule has 1 N–H and O–H groups in total. The molecule has 2 amide bonds. The van der Waals surface area contributed by atoms with Gasteiger partial charge in [0.15, 0.2) is 0 Å². The number of rotatable bonds is 4. The van der Waals surface area contributed by atoms with Crippen molar-refractivity contribution in [3.63, 3.8) is 0 Å². The average Bonchev–Trinajstić information content (AvgIpc) is 3.12. The fourth-order valence-corrected chi connectivity index (χ4v) is 4.34. The molecule has 0 bridgehead atoms. The number of amides is 2. The molecule has 2 aliphatic rings. The third-order valence-corrected chi connectivity index (χ3v) is 5.61. The standard InChI is InChI=1S/C18H25N3O3S/c1-24-18(23)21-7-3-6-16(21)17(22)19-15-5-2-4-14(12-15)13-20-8-10-25-11-9-20/h2,4-5,12,16H,3,6-11,13H2,1H3,(H,19,22). The molecule has 7 heteroatoms. The van der Waals surface area contributed by atoms with E-state index in [0.717, 1.165) is 31.7 Å². The molecule has 1 unspecified atom stereocenters. The number of carbonyl (C=O) groups excluding carboxylic acids is 2.